The second kappa shape index (κ2) is 16.3. The first-order valence-corrected chi connectivity index (χ1v) is 22.1. The van der Waals surface area contributed by atoms with Crippen molar-refractivity contribution in [1.29, 1.82) is 0 Å². The van der Waals surface area contributed by atoms with E-state index in [1.54, 1.807) is 52.0 Å². The Balaban J connectivity index is 1.67. The van der Waals surface area contributed by atoms with E-state index in [-0.39, 0.29) is 57.0 Å². The minimum absolute atomic E-state index is 0.0454. The lowest BCUT2D eigenvalue weighted by atomic mass is 9.93. The van der Waals surface area contributed by atoms with Gasteiger partial charge in [-0.2, -0.15) is 16.8 Å². The van der Waals surface area contributed by atoms with E-state index in [1.165, 1.54) is 30.3 Å². The van der Waals surface area contributed by atoms with Gasteiger partial charge in [-0.05, 0) is 99.2 Å². The number of aryl methyl sites for hydroxylation is 4. The lowest BCUT2D eigenvalue weighted by Crippen LogP contribution is -2.19. The Hall–Kier alpha value is -5.87. The number of anilines is 4. The number of hydrogen-bond acceptors (Lipinski definition) is 9. The Morgan fingerprint density at radius 3 is 1.77 bits per heavy atom. The molecule has 2 amide bonds. The Labute approximate surface area is 349 Å². The zero-order valence-corrected chi connectivity index (χ0v) is 36.7. The number of rotatable bonds is 10. The molecular weight excluding hydrogens is 805 g/mol. The highest BCUT2D eigenvalue weighted by Gasteiger charge is 2.27. The van der Waals surface area contributed by atoms with Gasteiger partial charge in [0, 0.05) is 68.8 Å². The Morgan fingerprint density at radius 1 is 0.633 bits per heavy atom. The highest BCUT2D eigenvalue weighted by molar-refractivity contribution is 7.86. The molecule has 0 bridgehead atoms. The predicted molar refractivity (Wildman–Crippen MR) is 235 cm³/mol. The SMILES string of the molecule is Cc1cc(C)c(NC(=O)C(C)C)c(C)c1N=c1cc2oc3cc(Nc4c(C)cc(C)c(NC(=O)C(C)C)c4C)ccc3c(-c3ccccc3S(=O)(=O)O)c-2cc1S(=O)(=O)O. The summed E-state index contributed by atoms with van der Waals surface area (Å²) in [6, 6.07) is 17.1. The molecule has 6 rings (SSSR count). The van der Waals surface area contributed by atoms with Crippen molar-refractivity contribution < 1.29 is 39.9 Å². The van der Waals surface area contributed by atoms with Crippen LogP contribution in [0.1, 0.15) is 61.1 Å². The molecule has 0 spiro atoms. The molecule has 0 fully saturated rings. The quantitative estimate of drug-likeness (QED) is 0.0652. The van der Waals surface area contributed by atoms with Crippen LogP contribution in [0.2, 0.25) is 0 Å². The molecule has 5 N–H and O–H groups in total. The van der Waals surface area contributed by atoms with Crippen molar-refractivity contribution in [3.63, 3.8) is 0 Å². The van der Waals surface area contributed by atoms with Crippen LogP contribution in [0.3, 0.4) is 0 Å². The summed E-state index contributed by atoms with van der Waals surface area (Å²) in [6.07, 6.45) is 0. The van der Waals surface area contributed by atoms with Gasteiger partial charge in [-0.25, -0.2) is 4.99 Å². The Bertz CT molecular complexity index is 3020. The third-order valence-electron chi connectivity index (χ3n) is 10.5. The third-order valence-corrected chi connectivity index (χ3v) is 12.3. The first-order valence-electron chi connectivity index (χ1n) is 19.2. The van der Waals surface area contributed by atoms with Crippen molar-refractivity contribution in [2.24, 2.45) is 16.8 Å². The van der Waals surface area contributed by atoms with E-state index in [0.29, 0.717) is 39.3 Å². The topological polar surface area (TPSA) is 204 Å². The molecule has 0 unspecified atom stereocenters. The smallest absolute Gasteiger partial charge is 0.296 e. The normalized spacial score (nSPS) is 12.5. The molecule has 0 saturated carbocycles. The predicted octanol–water partition coefficient (Wildman–Crippen LogP) is 9.71. The number of hydrogen-bond donors (Lipinski definition) is 5. The lowest BCUT2D eigenvalue weighted by Gasteiger charge is -2.21. The van der Waals surface area contributed by atoms with Crippen LogP contribution in [0.25, 0.3) is 33.4 Å². The molecule has 1 aliphatic carbocycles. The average molecular weight is 853 g/mol. The monoisotopic (exact) mass is 852 g/mol. The largest absolute Gasteiger partial charge is 0.456 e. The van der Waals surface area contributed by atoms with Crippen molar-refractivity contribution in [2.75, 3.05) is 16.0 Å². The molecule has 314 valence electrons. The second-order valence-corrected chi connectivity index (χ2v) is 18.5. The molecule has 2 aliphatic rings. The molecule has 0 aromatic heterocycles. The lowest BCUT2D eigenvalue weighted by molar-refractivity contribution is -0.119. The summed E-state index contributed by atoms with van der Waals surface area (Å²) in [6.45, 7) is 18.3. The van der Waals surface area contributed by atoms with Crippen molar-refractivity contribution in [3.05, 3.63) is 105 Å². The maximum absolute atomic E-state index is 13.2. The number of benzene rings is 5. The van der Waals surface area contributed by atoms with Crippen molar-refractivity contribution in [2.45, 2.75) is 79.0 Å². The van der Waals surface area contributed by atoms with Crippen LogP contribution in [0, 0.1) is 53.4 Å². The number of amides is 2. The molecule has 1 heterocycles. The summed E-state index contributed by atoms with van der Waals surface area (Å²) >= 11 is 0. The highest BCUT2D eigenvalue weighted by Crippen LogP contribution is 2.44. The van der Waals surface area contributed by atoms with E-state index >= 15 is 0 Å². The van der Waals surface area contributed by atoms with Crippen LogP contribution >= 0.6 is 0 Å². The first kappa shape index (κ1) is 43.7. The van der Waals surface area contributed by atoms with Gasteiger partial charge in [0.25, 0.3) is 20.2 Å². The van der Waals surface area contributed by atoms with E-state index in [0.717, 1.165) is 27.9 Å². The van der Waals surface area contributed by atoms with Gasteiger partial charge in [0.05, 0.1) is 11.0 Å². The van der Waals surface area contributed by atoms with Crippen LogP contribution in [0.4, 0.5) is 28.4 Å². The fourth-order valence-electron chi connectivity index (χ4n) is 7.38. The van der Waals surface area contributed by atoms with Crippen molar-refractivity contribution >= 4 is 71.5 Å². The van der Waals surface area contributed by atoms with Gasteiger partial charge in [-0.15, -0.1) is 0 Å². The van der Waals surface area contributed by atoms with Crippen LogP contribution in [0.5, 0.6) is 0 Å². The van der Waals surface area contributed by atoms with E-state index < -0.39 is 30.0 Å². The number of nitrogens with zero attached hydrogens (tertiary/aromatic N) is 1. The van der Waals surface area contributed by atoms with Crippen LogP contribution in [-0.2, 0) is 29.8 Å². The summed E-state index contributed by atoms with van der Waals surface area (Å²) < 4.78 is 79.5. The van der Waals surface area contributed by atoms with Gasteiger partial charge in [-0.1, -0.05) is 58.0 Å². The van der Waals surface area contributed by atoms with Gasteiger partial charge in [-0.3, -0.25) is 18.7 Å². The maximum Gasteiger partial charge on any atom is 0.296 e. The fourth-order valence-corrected chi connectivity index (χ4v) is 8.71. The minimum Gasteiger partial charge on any atom is -0.456 e. The third kappa shape index (κ3) is 8.57. The molecule has 0 saturated heterocycles. The van der Waals surface area contributed by atoms with Gasteiger partial charge in [0.1, 0.15) is 21.1 Å². The number of fused-ring (bicyclic) bond motifs is 2. The summed E-state index contributed by atoms with van der Waals surface area (Å²) in [5.41, 5.74) is 8.04. The molecule has 0 radical (unpaired) electrons. The fraction of sp³-hybridized carbons (Fsp3) is 0.267. The van der Waals surface area contributed by atoms with Crippen LogP contribution in [-0.4, -0.2) is 37.8 Å². The molecule has 60 heavy (non-hydrogen) atoms. The van der Waals surface area contributed by atoms with E-state index in [2.05, 4.69) is 16.0 Å². The van der Waals surface area contributed by atoms with Gasteiger partial charge in [0.15, 0.2) is 0 Å². The van der Waals surface area contributed by atoms with Crippen LogP contribution < -0.4 is 21.3 Å². The zero-order valence-electron chi connectivity index (χ0n) is 35.0. The summed E-state index contributed by atoms with van der Waals surface area (Å²) in [5.74, 6) is -0.824. The molecular formula is C45H48N4O9S2. The summed E-state index contributed by atoms with van der Waals surface area (Å²) in [4.78, 5) is 29.2. The molecule has 15 heteroatoms. The number of carbonyl (C=O) groups excluding carboxylic acids is 2. The van der Waals surface area contributed by atoms with Gasteiger partial charge < -0.3 is 20.4 Å². The number of carbonyl (C=O) groups is 2. The highest BCUT2D eigenvalue weighted by atomic mass is 32.2. The van der Waals surface area contributed by atoms with E-state index in [4.69, 9.17) is 9.41 Å². The standard InChI is InChI=1S/C45H48N4O9S2/c1-22(2)44(50)48-42-26(7)17-24(5)40(28(42)9)46-30-15-16-31-35(19-30)58-36-21-34(47-41-25(6)18-27(8)43(29(41)10)49-45(51)23(3)4)38(60(55,56)57)20-33(36)39(31)32-13-11-12-14-37(32)59(52,53)54/h11-23,46H,1-10H3,(H,48,50)(H,49,51)(H,52,53,54)(H,55,56,57). The minimum atomic E-state index is -4.99. The first-order chi connectivity index (χ1) is 28.0. The van der Waals surface area contributed by atoms with Crippen LogP contribution in [0.15, 0.2) is 85.9 Å². The van der Waals surface area contributed by atoms with E-state index in [9.17, 15) is 35.5 Å². The molecule has 13 nitrogen and oxygen atoms in total. The average Bonchev–Trinajstić information content (AvgIpc) is 3.15. The molecule has 0 atom stereocenters. The van der Waals surface area contributed by atoms with Crippen molar-refractivity contribution in [1.82, 2.24) is 0 Å². The zero-order chi connectivity index (χ0) is 44.2. The summed E-state index contributed by atoms with van der Waals surface area (Å²) in [5, 5.41) is 9.59. The van der Waals surface area contributed by atoms with Crippen molar-refractivity contribution in [3.8, 4) is 22.5 Å². The van der Waals surface area contributed by atoms with E-state index in [1.807, 2.05) is 53.7 Å². The Morgan fingerprint density at radius 2 is 1.18 bits per heavy atom. The van der Waals surface area contributed by atoms with Gasteiger partial charge >= 0.3 is 0 Å². The Kier molecular flexibility index (Phi) is 11.9. The molecule has 1 aliphatic heterocycles. The maximum atomic E-state index is 13.2. The van der Waals surface area contributed by atoms with Gasteiger partial charge in [0.2, 0.25) is 11.8 Å². The molecule has 4 aromatic carbocycles. The summed E-state index contributed by atoms with van der Waals surface area (Å²) in [7, 11) is -9.79. The second-order valence-electron chi connectivity index (χ2n) is 15.7. The molecule has 4 aromatic rings. The number of nitrogens with one attached hydrogen (secondary N) is 3.